The summed E-state index contributed by atoms with van der Waals surface area (Å²) in [6.45, 7) is 3.17. The van der Waals surface area contributed by atoms with E-state index in [4.69, 9.17) is 0 Å². The molecular formula is C19H23N2+. The molecule has 2 heteroatoms. The summed E-state index contributed by atoms with van der Waals surface area (Å²) in [5.41, 5.74) is 10.5. The van der Waals surface area contributed by atoms with Gasteiger partial charge in [-0.2, -0.15) is 0 Å². The van der Waals surface area contributed by atoms with Crippen molar-refractivity contribution in [3.63, 3.8) is 0 Å². The van der Waals surface area contributed by atoms with E-state index >= 15 is 0 Å². The molecule has 2 aromatic carbocycles. The number of aromatic nitrogens is 1. The lowest BCUT2D eigenvalue weighted by molar-refractivity contribution is -0.368. The highest BCUT2D eigenvalue weighted by atomic mass is 14.7. The highest BCUT2D eigenvalue weighted by molar-refractivity contribution is 5.97. The molecule has 21 heavy (non-hydrogen) atoms. The number of rotatable bonds is 5. The third-order valence-corrected chi connectivity index (χ3v) is 4.02. The van der Waals surface area contributed by atoms with Gasteiger partial charge in [0.15, 0.2) is 0 Å². The third-order valence-electron chi connectivity index (χ3n) is 4.02. The molecule has 0 radical (unpaired) electrons. The zero-order chi connectivity index (χ0) is 14.7. The number of quaternary nitrogens is 1. The van der Waals surface area contributed by atoms with Crippen LogP contribution in [0.1, 0.15) is 24.1 Å². The molecule has 0 aliphatic carbocycles. The SMILES string of the molecule is Cc1cccc(-c2c(CCCC[NH3+])[nH]c3ccccc23)c1. The van der Waals surface area contributed by atoms with Crippen molar-refractivity contribution >= 4 is 10.9 Å². The maximum atomic E-state index is 3.94. The van der Waals surface area contributed by atoms with Gasteiger partial charge in [-0.15, -0.1) is 0 Å². The molecule has 0 amide bonds. The van der Waals surface area contributed by atoms with Crippen molar-refractivity contribution in [2.75, 3.05) is 6.54 Å². The molecule has 0 saturated heterocycles. The van der Waals surface area contributed by atoms with Crippen LogP contribution in [0.5, 0.6) is 0 Å². The van der Waals surface area contributed by atoms with E-state index in [9.17, 15) is 0 Å². The first kappa shape index (κ1) is 13.9. The number of para-hydroxylation sites is 1. The average Bonchev–Trinajstić information content (AvgIpc) is 2.86. The molecule has 0 spiro atoms. The highest BCUT2D eigenvalue weighted by Crippen LogP contribution is 2.33. The van der Waals surface area contributed by atoms with Crippen molar-refractivity contribution in [3.05, 3.63) is 59.8 Å². The van der Waals surface area contributed by atoms with Gasteiger partial charge in [-0.3, -0.25) is 0 Å². The van der Waals surface area contributed by atoms with Crippen LogP contribution in [-0.2, 0) is 6.42 Å². The van der Waals surface area contributed by atoms with Gasteiger partial charge in [0.1, 0.15) is 0 Å². The Kier molecular flexibility index (Phi) is 4.07. The molecule has 1 heterocycles. The van der Waals surface area contributed by atoms with E-state index < -0.39 is 0 Å². The van der Waals surface area contributed by atoms with Crippen LogP contribution < -0.4 is 5.73 Å². The lowest BCUT2D eigenvalue weighted by Crippen LogP contribution is -2.50. The van der Waals surface area contributed by atoms with E-state index in [1.807, 2.05) is 0 Å². The van der Waals surface area contributed by atoms with Crippen molar-refractivity contribution in [2.24, 2.45) is 0 Å². The topological polar surface area (TPSA) is 43.4 Å². The molecule has 3 aromatic rings. The predicted molar refractivity (Wildman–Crippen MR) is 89.2 cm³/mol. The summed E-state index contributed by atoms with van der Waals surface area (Å²) in [4.78, 5) is 3.62. The molecule has 0 unspecified atom stereocenters. The van der Waals surface area contributed by atoms with Gasteiger partial charge < -0.3 is 10.7 Å². The fraction of sp³-hybridized carbons (Fsp3) is 0.263. The Morgan fingerprint density at radius 3 is 2.67 bits per heavy atom. The largest absolute Gasteiger partial charge is 0.358 e. The zero-order valence-electron chi connectivity index (χ0n) is 12.7. The van der Waals surface area contributed by atoms with Crippen LogP contribution in [0.2, 0.25) is 0 Å². The minimum atomic E-state index is 1.01. The maximum Gasteiger partial charge on any atom is 0.0739 e. The second-order valence-corrected chi connectivity index (χ2v) is 5.70. The average molecular weight is 279 g/mol. The lowest BCUT2D eigenvalue weighted by Gasteiger charge is -2.06. The summed E-state index contributed by atoms with van der Waals surface area (Å²) in [7, 11) is 0. The Balaban J connectivity index is 2.11. The molecule has 0 saturated carbocycles. The molecular weight excluding hydrogens is 256 g/mol. The summed E-state index contributed by atoms with van der Waals surface area (Å²) in [5.74, 6) is 0. The minimum Gasteiger partial charge on any atom is -0.358 e. The number of hydrogen-bond donors (Lipinski definition) is 2. The summed E-state index contributed by atoms with van der Waals surface area (Å²) >= 11 is 0. The van der Waals surface area contributed by atoms with E-state index in [0.29, 0.717) is 0 Å². The smallest absolute Gasteiger partial charge is 0.0739 e. The molecule has 108 valence electrons. The van der Waals surface area contributed by atoms with Crippen LogP contribution >= 0.6 is 0 Å². The summed E-state index contributed by atoms with van der Waals surface area (Å²) < 4.78 is 0. The maximum absolute atomic E-state index is 3.94. The molecule has 4 N–H and O–H groups in total. The van der Waals surface area contributed by atoms with Crippen LogP contribution in [0.15, 0.2) is 48.5 Å². The number of aryl methyl sites for hydroxylation is 2. The van der Waals surface area contributed by atoms with E-state index in [2.05, 4.69) is 66.2 Å². The van der Waals surface area contributed by atoms with Crippen molar-refractivity contribution in [1.29, 1.82) is 0 Å². The molecule has 0 aliphatic heterocycles. The van der Waals surface area contributed by atoms with E-state index in [-0.39, 0.29) is 0 Å². The summed E-state index contributed by atoms with van der Waals surface area (Å²) in [5, 5.41) is 1.33. The number of H-pyrrole nitrogens is 1. The first-order valence-corrected chi connectivity index (χ1v) is 7.75. The fourth-order valence-electron chi connectivity index (χ4n) is 2.99. The fourth-order valence-corrected chi connectivity index (χ4v) is 2.99. The molecule has 0 bridgehead atoms. The number of fused-ring (bicyclic) bond motifs is 1. The third kappa shape index (κ3) is 2.86. The van der Waals surface area contributed by atoms with Crippen LogP contribution in [0.3, 0.4) is 0 Å². The molecule has 2 nitrogen and oxygen atoms in total. The number of benzene rings is 2. The Bertz CT molecular complexity index is 740. The minimum absolute atomic E-state index is 1.01. The van der Waals surface area contributed by atoms with E-state index in [1.54, 1.807) is 0 Å². The van der Waals surface area contributed by atoms with Crippen molar-refractivity contribution < 1.29 is 5.73 Å². The van der Waals surface area contributed by atoms with Gasteiger partial charge in [0, 0.05) is 22.2 Å². The van der Waals surface area contributed by atoms with Crippen LogP contribution in [0.4, 0.5) is 0 Å². The number of nitrogens with one attached hydrogen (secondary N) is 1. The number of unbranched alkanes of at least 4 members (excludes halogenated alkanes) is 1. The first-order valence-electron chi connectivity index (χ1n) is 7.75. The monoisotopic (exact) mass is 279 g/mol. The highest BCUT2D eigenvalue weighted by Gasteiger charge is 2.12. The molecule has 0 atom stereocenters. The summed E-state index contributed by atoms with van der Waals surface area (Å²) in [6, 6.07) is 17.4. The van der Waals surface area contributed by atoms with Gasteiger partial charge in [-0.1, -0.05) is 48.0 Å². The normalized spacial score (nSPS) is 11.1. The van der Waals surface area contributed by atoms with Gasteiger partial charge >= 0.3 is 0 Å². The Hall–Kier alpha value is -2.06. The summed E-state index contributed by atoms with van der Waals surface area (Å²) in [6.07, 6.45) is 3.46. The lowest BCUT2D eigenvalue weighted by atomic mass is 9.98. The first-order chi connectivity index (χ1) is 10.3. The second-order valence-electron chi connectivity index (χ2n) is 5.70. The zero-order valence-corrected chi connectivity index (χ0v) is 12.7. The van der Waals surface area contributed by atoms with Crippen LogP contribution in [0, 0.1) is 6.92 Å². The molecule has 1 aromatic heterocycles. The van der Waals surface area contributed by atoms with E-state index in [0.717, 1.165) is 13.0 Å². The van der Waals surface area contributed by atoms with Gasteiger partial charge in [0.2, 0.25) is 0 Å². The van der Waals surface area contributed by atoms with Crippen LogP contribution in [-0.4, -0.2) is 11.5 Å². The second kappa shape index (κ2) is 6.15. The quantitative estimate of drug-likeness (QED) is 0.669. The van der Waals surface area contributed by atoms with Gasteiger partial charge in [-0.25, -0.2) is 0 Å². The Morgan fingerprint density at radius 1 is 1.00 bits per heavy atom. The Labute approximate surface area is 126 Å². The number of hydrogen-bond acceptors (Lipinski definition) is 0. The van der Waals surface area contributed by atoms with Gasteiger partial charge in [0.25, 0.3) is 0 Å². The predicted octanol–water partition coefficient (Wildman–Crippen LogP) is 3.71. The van der Waals surface area contributed by atoms with E-state index in [1.165, 1.54) is 46.1 Å². The van der Waals surface area contributed by atoms with Gasteiger partial charge in [0.05, 0.1) is 6.54 Å². The standard InChI is InChI=1S/C19H22N2/c1-14-7-6-8-15(13-14)19-16-9-2-3-10-17(16)21-18(19)11-4-5-12-20/h2-3,6-10,13,21H,4-5,11-12,20H2,1H3/p+1. The van der Waals surface area contributed by atoms with Crippen molar-refractivity contribution in [2.45, 2.75) is 26.2 Å². The molecule has 0 aliphatic rings. The Morgan fingerprint density at radius 2 is 1.86 bits per heavy atom. The van der Waals surface area contributed by atoms with Crippen molar-refractivity contribution in [1.82, 2.24) is 4.98 Å². The number of aromatic amines is 1. The molecule has 3 rings (SSSR count). The molecule has 0 fully saturated rings. The van der Waals surface area contributed by atoms with Gasteiger partial charge in [-0.05, 0) is 37.8 Å². The van der Waals surface area contributed by atoms with Crippen LogP contribution in [0.25, 0.3) is 22.0 Å². The van der Waals surface area contributed by atoms with Crippen molar-refractivity contribution in [3.8, 4) is 11.1 Å².